The number of benzene rings is 1. The second kappa shape index (κ2) is 5.52. The molecule has 0 radical (unpaired) electrons. The quantitative estimate of drug-likeness (QED) is 0.748. The number of alkyl halides is 1. The summed E-state index contributed by atoms with van der Waals surface area (Å²) in [4.78, 5) is 14.5. The molecule has 1 aromatic carbocycles. The number of halogens is 1. The molecule has 108 valence electrons. The highest BCUT2D eigenvalue weighted by atomic mass is 35.5. The van der Waals surface area contributed by atoms with E-state index in [4.69, 9.17) is 21.1 Å². The Morgan fingerprint density at radius 3 is 2.95 bits per heavy atom. The van der Waals surface area contributed by atoms with Gasteiger partial charge in [0.1, 0.15) is 13.2 Å². The van der Waals surface area contributed by atoms with Gasteiger partial charge < -0.3 is 14.4 Å². The number of amides is 1. The zero-order valence-electron chi connectivity index (χ0n) is 11.5. The van der Waals surface area contributed by atoms with Crippen molar-refractivity contribution in [2.75, 3.05) is 26.3 Å². The fraction of sp³-hybridized carbons (Fsp3) is 0.533. The fourth-order valence-electron chi connectivity index (χ4n) is 2.71. The van der Waals surface area contributed by atoms with Crippen LogP contribution in [0.3, 0.4) is 0 Å². The van der Waals surface area contributed by atoms with E-state index in [-0.39, 0.29) is 11.3 Å². The summed E-state index contributed by atoms with van der Waals surface area (Å²) < 4.78 is 11.1. The van der Waals surface area contributed by atoms with Crippen molar-refractivity contribution in [3.05, 3.63) is 23.8 Å². The molecule has 1 fully saturated rings. The summed E-state index contributed by atoms with van der Waals surface area (Å²) in [5.74, 6) is 1.54. The molecule has 1 amide bonds. The lowest BCUT2D eigenvalue weighted by Crippen LogP contribution is -2.43. The highest BCUT2D eigenvalue weighted by Gasteiger charge is 2.30. The molecule has 5 heteroatoms. The molecule has 1 saturated heterocycles. The molecule has 2 atom stereocenters. The SMILES string of the molecule is CC1CN(C(=O)c2cccc3c2OCCO3)CCC1Cl. The van der Waals surface area contributed by atoms with Crippen molar-refractivity contribution in [3.63, 3.8) is 0 Å². The van der Waals surface area contributed by atoms with Gasteiger partial charge in [0.2, 0.25) is 0 Å². The molecule has 0 spiro atoms. The van der Waals surface area contributed by atoms with Gasteiger partial charge in [-0.1, -0.05) is 13.0 Å². The number of carbonyl (C=O) groups is 1. The maximum Gasteiger partial charge on any atom is 0.257 e. The van der Waals surface area contributed by atoms with Crippen LogP contribution in [-0.4, -0.2) is 42.5 Å². The minimum Gasteiger partial charge on any atom is -0.486 e. The third-order valence-electron chi connectivity index (χ3n) is 3.88. The van der Waals surface area contributed by atoms with Gasteiger partial charge >= 0.3 is 0 Å². The summed E-state index contributed by atoms with van der Waals surface area (Å²) in [6.45, 7) is 4.48. The molecule has 2 heterocycles. The second-order valence-electron chi connectivity index (χ2n) is 5.36. The first-order valence-corrected chi connectivity index (χ1v) is 7.42. The van der Waals surface area contributed by atoms with Crippen LogP contribution in [-0.2, 0) is 0 Å². The van der Waals surface area contributed by atoms with Crippen LogP contribution in [0.5, 0.6) is 11.5 Å². The van der Waals surface area contributed by atoms with Gasteiger partial charge in [-0.15, -0.1) is 11.6 Å². The number of para-hydroxylation sites is 1. The number of carbonyl (C=O) groups excluding carboxylic acids is 1. The molecule has 2 unspecified atom stereocenters. The lowest BCUT2D eigenvalue weighted by molar-refractivity contribution is 0.0677. The number of rotatable bonds is 1. The van der Waals surface area contributed by atoms with Crippen molar-refractivity contribution < 1.29 is 14.3 Å². The summed E-state index contributed by atoms with van der Waals surface area (Å²) in [6.07, 6.45) is 0.834. The molecule has 20 heavy (non-hydrogen) atoms. The Balaban J connectivity index is 1.84. The van der Waals surface area contributed by atoms with Crippen molar-refractivity contribution in [1.82, 2.24) is 4.90 Å². The van der Waals surface area contributed by atoms with E-state index < -0.39 is 0 Å². The first-order chi connectivity index (χ1) is 9.66. The van der Waals surface area contributed by atoms with Crippen LogP contribution < -0.4 is 9.47 Å². The van der Waals surface area contributed by atoms with Gasteiger partial charge in [0, 0.05) is 18.5 Å². The third kappa shape index (κ3) is 2.44. The summed E-state index contributed by atoms with van der Waals surface area (Å²) in [5.41, 5.74) is 0.586. The Morgan fingerprint density at radius 1 is 1.35 bits per heavy atom. The Hall–Kier alpha value is -1.42. The molecule has 0 N–H and O–H groups in total. The topological polar surface area (TPSA) is 38.8 Å². The summed E-state index contributed by atoms with van der Waals surface area (Å²) in [6, 6.07) is 5.46. The van der Waals surface area contributed by atoms with E-state index in [1.165, 1.54) is 0 Å². The van der Waals surface area contributed by atoms with Crippen LogP contribution in [0.4, 0.5) is 0 Å². The third-order valence-corrected chi connectivity index (χ3v) is 4.53. The summed E-state index contributed by atoms with van der Waals surface area (Å²) in [7, 11) is 0. The summed E-state index contributed by atoms with van der Waals surface area (Å²) >= 11 is 6.22. The number of fused-ring (bicyclic) bond motifs is 1. The standard InChI is InChI=1S/C15H18ClNO3/c1-10-9-17(6-5-12(10)16)15(18)11-3-2-4-13-14(11)20-8-7-19-13/h2-4,10,12H,5-9H2,1H3. The van der Waals surface area contributed by atoms with Crippen LogP contribution >= 0.6 is 11.6 Å². The predicted octanol–water partition coefficient (Wildman–Crippen LogP) is 2.55. The first-order valence-electron chi connectivity index (χ1n) is 6.99. The van der Waals surface area contributed by atoms with Crippen LogP contribution in [0.15, 0.2) is 18.2 Å². The zero-order chi connectivity index (χ0) is 14.1. The van der Waals surface area contributed by atoms with E-state index in [1.54, 1.807) is 6.07 Å². The number of nitrogens with zero attached hydrogens (tertiary/aromatic N) is 1. The zero-order valence-corrected chi connectivity index (χ0v) is 12.2. The molecule has 1 aromatic rings. The van der Waals surface area contributed by atoms with Gasteiger partial charge in [-0.25, -0.2) is 0 Å². The molecule has 2 aliphatic rings. The van der Waals surface area contributed by atoms with Crippen LogP contribution in [0, 0.1) is 5.92 Å². The first kappa shape index (κ1) is 13.6. The van der Waals surface area contributed by atoms with Gasteiger partial charge in [0.15, 0.2) is 11.5 Å². The molecule has 0 bridgehead atoms. The van der Waals surface area contributed by atoms with Gasteiger partial charge in [0.05, 0.1) is 5.56 Å². The molecule has 0 aliphatic carbocycles. The van der Waals surface area contributed by atoms with E-state index >= 15 is 0 Å². The molecular weight excluding hydrogens is 278 g/mol. The Morgan fingerprint density at radius 2 is 2.15 bits per heavy atom. The van der Waals surface area contributed by atoms with Crippen molar-refractivity contribution in [1.29, 1.82) is 0 Å². The largest absolute Gasteiger partial charge is 0.486 e. The molecule has 0 aromatic heterocycles. The minimum absolute atomic E-state index is 0.00256. The number of hydrogen-bond donors (Lipinski definition) is 0. The average Bonchev–Trinajstić information content (AvgIpc) is 2.49. The smallest absolute Gasteiger partial charge is 0.257 e. The van der Waals surface area contributed by atoms with Crippen LogP contribution in [0.2, 0.25) is 0 Å². The van der Waals surface area contributed by atoms with Gasteiger partial charge in [-0.3, -0.25) is 4.79 Å². The lowest BCUT2D eigenvalue weighted by Gasteiger charge is -2.34. The molecule has 3 rings (SSSR count). The van der Waals surface area contributed by atoms with Crippen molar-refractivity contribution in [2.45, 2.75) is 18.7 Å². The minimum atomic E-state index is 0.00256. The maximum absolute atomic E-state index is 12.7. The monoisotopic (exact) mass is 295 g/mol. The van der Waals surface area contributed by atoms with Gasteiger partial charge in [-0.05, 0) is 24.5 Å². The number of piperidine rings is 1. The summed E-state index contributed by atoms with van der Waals surface area (Å²) in [5, 5.41) is 0.156. The van der Waals surface area contributed by atoms with E-state index in [0.29, 0.717) is 49.3 Å². The predicted molar refractivity (Wildman–Crippen MR) is 76.8 cm³/mol. The van der Waals surface area contributed by atoms with Crippen molar-refractivity contribution in [3.8, 4) is 11.5 Å². The van der Waals surface area contributed by atoms with Gasteiger partial charge in [0.25, 0.3) is 5.91 Å². The Labute approximate surface area is 123 Å². The average molecular weight is 296 g/mol. The van der Waals surface area contributed by atoms with E-state index in [1.807, 2.05) is 17.0 Å². The fourth-order valence-corrected chi connectivity index (χ4v) is 2.89. The normalized spacial score (nSPS) is 25.4. The highest BCUT2D eigenvalue weighted by molar-refractivity contribution is 6.20. The van der Waals surface area contributed by atoms with Crippen LogP contribution in [0.1, 0.15) is 23.7 Å². The molecule has 0 saturated carbocycles. The lowest BCUT2D eigenvalue weighted by atomic mass is 9.98. The molecule has 4 nitrogen and oxygen atoms in total. The second-order valence-corrected chi connectivity index (χ2v) is 5.92. The van der Waals surface area contributed by atoms with E-state index in [2.05, 4.69) is 6.92 Å². The van der Waals surface area contributed by atoms with Gasteiger partial charge in [-0.2, -0.15) is 0 Å². The number of likely N-dealkylation sites (tertiary alicyclic amines) is 1. The van der Waals surface area contributed by atoms with Crippen LogP contribution in [0.25, 0.3) is 0 Å². The van der Waals surface area contributed by atoms with E-state index in [0.717, 1.165) is 6.42 Å². The highest BCUT2D eigenvalue weighted by Crippen LogP contribution is 2.35. The number of hydrogen-bond acceptors (Lipinski definition) is 3. The number of ether oxygens (including phenoxy) is 2. The van der Waals surface area contributed by atoms with E-state index in [9.17, 15) is 4.79 Å². The Kier molecular flexibility index (Phi) is 3.74. The maximum atomic E-state index is 12.7. The van der Waals surface area contributed by atoms with Crippen molar-refractivity contribution >= 4 is 17.5 Å². The van der Waals surface area contributed by atoms with Crippen molar-refractivity contribution in [2.24, 2.45) is 5.92 Å². The molecule has 2 aliphatic heterocycles. The Bertz CT molecular complexity index is 520. The molecular formula is C15H18ClNO3.